The normalized spacial score (nSPS) is 20.6. The van der Waals surface area contributed by atoms with E-state index in [-0.39, 0.29) is 32.6 Å². The van der Waals surface area contributed by atoms with Crippen molar-refractivity contribution in [2.24, 2.45) is 5.92 Å². The Bertz CT molecular complexity index is 1260. The van der Waals surface area contributed by atoms with Crippen LogP contribution < -0.4 is 23.7 Å². The van der Waals surface area contributed by atoms with Crippen molar-refractivity contribution in [3.63, 3.8) is 0 Å². The average molecular weight is 585 g/mol. The monoisotopic (exact) mass is 584 g/mol. The maximum atomic E-state index is 13.6. The number of aliphatic hydroxyl groups is 1. The molecule has 3 atom stereocenters. The number of likely N-dealkylation sites (tertiary alicyclic amines) is 1. The predicted molar refractivity (Wildman–Crippen MR) is 152 cm³/mol. The number of para-hydroxylation sites is 1. The Morgan fingerprint density at radius 3 is 2.55 bits per heavy atom. The number of amides is 1. The molecule has 0 aromatic heterocycles. The molecule has 1 unspecified atom stereocenters. The lowest BCUT2D eigenvalue weighted by molar-refractivity contribution is -0.143. The Hall–Kier alpha value is -3.70. The van der Waals surface area contributed by atoms with Crippen molar-refractivity contribution in [3.05, 3.63) is 41.5 Å². The molecule has 0 aliphatic carbocycles. The van der Waals surface area contributed by atoms with Gasteiger partial charge >= 0.3 is 5.97 Å². The molecular formula is C31H40N2O9. The van der Waals surface area contributed by atoms with Crippen molar-refractivity contribution in [3.8, 4) is 28.7 Å². The first kappa shape index (κ1) is 29.8. The summed E-state index contributed by atoms with van der Waals surface area (Å²) >= 11 is 0. The van der Waals surface area contributed by atoms with E-state index in [0.717, 1.165) is 24.0 Å². The summed E-state index contributed by atoms with van der Waals surface area (Å²) in [5.41, 5.74) is 1.71. The summed E-state index contributed by atoms with van der Waals surface area (Å²) in [5, 5.41) is 20.0. The minimum atomic E-state index is -0.919. The van der Waals surface area contributed by atoms with Crippen LogP contribution in [-0.4, -0.2) is 91.4 Å². The SMILES string of the molecule is CCCCN(CCCO)C(=O)CN1C[C@H](c2cc(OC)c3c(c2)OCO3)C(C(=O)O)[C@@H]1CCc1cccc2c1OCO2. The minimum Gasteiger partial charge on any atom is -0.493 e. The topological polar surface area (TPSA) is 127 Å². The number of aliphatic hydroxyl groups excluding tert-OH is 1. The highest BCUT2D eigenvalue weighted by Gasteiger charge is 2.47. The number of fused-ring (bicyclic) bond motifs is 2. The first-order chi connectivity index (χ1) is 20.4. The van der Waals surface area contributed by atoms with Gasteiger partial charge in [0.05, 0.1) is 19.6 Å². The van der Waals surface area contributed by atoms with Crippen molar-refractivity contribution in [2.75, 3.05) is 53.5 Å². The van der Waals surface area contributed by atoms with E-state index in [1.807, 2.05) is 35.2 Å². The number of methoxy groups -OCH3 is 1. The molecule has 0 saturated carbocycles. The molecule has 0 spiro atoms. The maximum Gasteiger partial charge on any atom is 0.308 e. The Labute approximate surface area is 245 Å². The Kier molecular flexibility index (Phi) is 9.58. The zero-order valence-corrected chi connectivity index (χ0v) is 24.3. The number of carboxylic acids is 1. The first-order valence-electron chi connectivity index (χ1n) is 14.7. The van der Waals surface area contributed by atoms with Crippen LogP contribution in [0.15, 0.2) is 30.3 Å². The van der Waals surface area contributed by atoms with Crippen molar-refractivity contribution in [2.45, 2.75) is 51.0 Å². The van der Waals surface area contributed by atoms with Gasteiger partial charge in [0, 0.05) is 38.2 Å². The molecule has 11 heteroatoms. The van der Waals surface area contributed by atoms with E-state index in [4.69, 9.17) is 23.7 Å². The van der Waals surface area contributed by atoms with E-state index >= 15 is 0 Å². The number of ether oxygens (including phenoxy) is 5. The smallest absolute Gasteiger partial charge is 0.308 e. The summed E-state index contributed by atoms with van der Waals surface area (Å²) in [5.74, 6) is 0.714. The Morgan fingerprint density at radius 2 is 1.81 bits per heavy atom. The van der Waals surface area contributed by atoms with E-state index < -0.39 is 23.8 Å². The van der Waals surface area contributed by atoms with Crippen molar-refractivity contribution < 1.29 is 43.5 Å². The summed E-state index contributed by atoms with van der Waals surface area (Å²) in [6, 6.07) is 8.96. The standard InChI is InChI=1S/C31H40N2O9/c1-3-4-11-32(12-6-13-34)27(35)17-33-16-22(21-14-25(38-2)30-26(15-21)40-19-42-30)28(31(36)37)23(33)10-9-20-7-5-8-24-29(20)41-18-39-24/h5,7-8,14-15,22-23,28,34H,3-4,6,9-13,16-19H2,1-2H3,(H,36,37)/t22-,23+,28?/m1/s1. The number of nitrogens with zero attached hydrogens (tertiary/aromatic N) is 2. The third-order valence-electron chi connectivity index (χ3n) is 8.39. The third-order valence-corrected chi connectivity index (χ3v) is 8.39. The summed E-state index contributed by atoms with van der Waals surface area (Å²) in [6.45, 7) is 3.84. The molecule has 1 fully saturated rings. The van der Waals surface area contributed by atoms with Gasteiger partial charge in [-0.3, -0.25) is 14.5 Å². The van der Waals surface area contributed by atoms with Crippen molar-refractivity contribution in [1.29, 1.82) is 0 Å². The molecule has 3 heterocycles. The number of aliphatic carboxylic acids is 1. The van der Waals surface area contributed by atoms with E-state index in [9.17, 15) is 19.8 Å². The molecule has 5 rings (SSSR count). The number of carboxylic acid groups (broad SMARTS) is 1. The minimum absolute atomic E-state index is 0.00450. The van der Waals surface area contributed by atoms with Crippen LogP contribution in [0.3, 0.4) is 0 Å². The van der Waals surface area contributed by atoms with Gasteiger partial charge in [-0.05, 0) is 55.0 Å². The van der Waals surface area contributed by atoms with Crippen LogP contribution in [0, 0.1) is 5.92 Å². The zero-order chi connectivity index (χ0) is 29.6. The highest BCUT2D eigenvalue weighted by atomic mass is 16.7. The van der Waals surface area contributed by atoms with Crippen LogP contribution in [-0.2, 0) is 16.0 Å². The summed E-state index contributed by atoms with van der Waals surface area (Å²) in [4.78, 5) is 30.4. The molecule has 1 amide bonds. The lowest BCUT2D eigenvalue weighted by atomic mass is 9.83. The summed E-state index contributed by atoms with van der Waals surface area (Å²) in [7, 11) is 1.54. The van der Waals surface area contributed by atoms with Gasteiger partial charge in [-0.1, -0.05) is 25.5 Å². The number of aryl methyl sites for hydroxylation is 1. The van der Waals surface area contributed by atoms with Crippen LogP contribution in [0.4, 0.5) is 0 Å². The van der Waals surface area contributed by atoms with Gasteiger partial charge in [-0.25, -0.2) is 0 Å². The second-order valence-electron chi connectivity index (χ2n) is 10.9. The maximum absolute atomic E-state index is 13.6. The van der Waals surface area contributed by atoms with Crippen LogP contribution in [0.5, 0.6) is 28.7 Å². The molecule has 228 valence electrons. The molecule has 2 aromatic rings. The number of rotatable bonds is 14. The molecular weight excluding hydrogens is 544 g/mol. The summed E-state index contributed by atoms with van der Waals surface area (Å²) < 4.78 is 28.0. The second-order valence-corrected chi connectivity index (χ2v) is 10.9. The zero-order valence-electron chi connectivity index (χ0n) is 24.3. The van der Waals surface area contributed by atoms with Crippen molar-refractivity contribution in [1.82, 2.24) is 9.80 Å². The van der Waals surface area contributed by atoms with Crippen LogP contribution in [0.25, 0.3) is 0 Å². The van der Waals surface area contributed by atoms with E-state index in [1.54, 1.807) is 12.0 Å². The largest absolute Gasteiger partial charge is 0.493 e. The number of benzene rings is 2. The van der Waals surface area contributed by atoms with E-state index in [2.05, 4.69) is 6.92 Å². The molecule has 0 bridgehead atoms. The second kappa shape index (κ2) is 13.5. The van der Waals surface area contributed by atoms with Gasteiger partial charge in [-0.2, -0.15) is 0 Å². The molecule has 1 saturated heterocycles. The van der Waals surface area contributed by atoms with E-state index in [0.29, 0.717) is 67.6 Å². The highest BCUT2D eigenvalue weighted by molar-refractivity contribution is 5.79. The lowest BCUT2D eigenvalue weighted by Gasteiger charge is -2.30. The van der Waals surface area contributed by atoms with Crippen molar-refractivity contribution >= 4 is 11.9 Å². The third kappa shape index (κ3) is 6.22. The van der Waals surface area contributed by atoms with Crippen LogP contribution >= 0.6 is 0 Å². The first-order valence-corrected chi connectivity index (χ1v) is 14.7. The van der Waals surface area contributed by atoms with Gasteiger partial charge < -0.3 is 38.8 Å². The molecule has 3 aliphatic heterocycles. The molecule has 11 nitrogen and oxygen atoms in total. The number of hydrogen-bond acceptors (Lipinski definition) is 9. The van der Waals surface area contributed by atoms with Gasteiger partial charge in [0.25, 0.3) is 0 Å². The summed E-state index contributed by atoms with van der Waals surface area (Å²) in [6.07, 6.45) is 3.37. The van der Waals surface area contributed by atoms with Gasteiger partial charge in [0.2, 0.25) is 25.2 Å². The predicted octanol–water partition coefficient (Wildman–Crippen LogP) is 3.27. The molecule has 0 radical (unpaired) electrons. The fourth-order valence-electron chi connectivity index (χ4n) is 6.29. The van der Waals surface area contributed by atoms with Gasteiger partial charge in [0.15, 0.2) is 23.0 Å². The molecule has 2 aromatic carbocycles. The van der Waals surface area contributed by atoms with Crippen LogP contribution in [0.1, 0.15) is 49.7 Å². The molecule has 2 N–H and O–H groups in total. The number of hydrogen-bond donors (Lipinski definition) is 2. The van der Waals surface area contributed by atoms with Gasteiger partial charge in [0.1, 0.15) is 0 Å². The fraction of sp³-hybridized carbons (Fsp3) is 0.548. The molecule has 42 heavy (non-hydrogen) atoms. The average Bonchev–Trinajstić information content (AvgIpc) is 3.74. The van der Waals surface area contributed by atoms with Crippen LogP contribution in [0.2, 0.25) is 0 Å². The Morgan fingerprint density at radius 1 is 1.05 bits per heavy atom. The number of carbonyl (C=O) groups excluding carboxylic acids is 1. The highest BCUT2D eigenvalue weighted by Crippen LogP contribution is 2.47. The lowest BCUT2D eigenvalue weighted by Crippen LogP contribution is -2.45. The van der Waals surface area contributed by atoms with Gasteiger partial charge in [-0.15, -0.1) is 0 Å². The Balaban J connectivity index is 1.45. The number of unbranched alkanes of at least 4 members (excludes halogenated alkanes) is 1. The van der Waals surface area contributed by atoms with E-state index in [1.165, 1.54) is 0 Å². The quantitative estimate of drug-likeness (QED) is 0.342. The number of carbonyl (C=O) groups is 2. The molecule has 3 aliphatic rings. The fourth-order valence-corrected chi connectivity index (χ4v) is 6.29.